The summed E-state index contributed by atoms with van der Waals surface area (Å²) in [6.45, 7) is 0. The first kappa shape index (κ1) is 15.1. The molecular formula is C19H16N4O2. The van der Waals surface area contributed by atoms with Gasteiger partial charge in [-0.1, -0.05) is 6.07 Å². The molecule has 1 aromatic carbocycles. The zero-order valence-electron chi connectivity index (χ0n) is 13.8. The molecule has 0 amide bonds. The number of aromatic hydroxyl groups is 1. The van der Waals surface area contributed by atoms with Crippen LogP contribution in [0.5, 0.6) is 11.5 Å². The molecule has 0 saturated heterocycles. The van der Waals surface area contributed by atoms with Crippen LogP contribution in [0, 0.1) is 0 Å². The lowest BCUT2D eigenvalue weighted by Gasteiger charge is -2.11. The molecule has 0 aliphatic heterocycles. The van der Waals surface area contributed by atoms with E-state index in [-0.39, 0.29) is 5.75 Å². The molecule has 6 nitrogen and oxygen atoms in total. The van der Waals surface area contributed by atoms with Gasteiger partial charge in [0.05, 0.1) is 30.2 Å². The summed E-state index contributed by atoms with van der Waals surface area (Å²) in [6.07, 6.45) is 5.43. The fraction of sp³-hybridized carbons (Fsp3) is 0.105. The summed E-state index contributed by atoms with van der Waals surface area (Å²) in [5.41, 5.74) is 4.12. The van der Waals surface area contributed by atoms with E-state index in [9.17, 15) is 5.11 Å². The molecule has 0 spiro atoms. The van der Waals surface area contributed by atoms with Gasteiger partial charge in [-0.25, -0.2) is 4.98 Å². The van der Waals surface area contributed by atoms with Gasteiger partial charge in [0.25, 0.3) is 0 Å². The molecule has 0 saturated carbocycles. The minimum atomic E-state index is 0.0723. The van der Waals surface area contributed by atoms with Gasteiger partial charge in [0.1, 0.15) is 0 Å². The quantitative estimate of drug-likeness (QED) is 0.622. The summed E-state index contributed by atoms with van der Waals surface area (Å²) in [5.74, 6) is 0.457. The van der Waals surface area contributed by atoms with Crippen molar-refractivity contribution in [1.29, 1.82) is 0 Å². The van der Waals surface area contributed by atoms with Crippen molar-refractivity contribution >= 4 is 10.9 Å². The van der Waals surface area contributed by atoms with E-state index in [1.165, 1.54) is 7.11 Å². The average Bonchev–Trinajstić information content (AvgIpc) is 3.07. The van der Waals surface area contributed by atoms with Gasteiger partial charge >= 0.3 is 0 Å². The summed E-state index contributed by atoms with van der Waals surface area (Å²) in [6, 6.07) is 11.1. The van der Waals surface area contributed by atoms with E-state index in [0.29, 0.717) is 5.75 Å². The minimum absolute atomic E-state index is 0.0723. The van der Waals surface area contributed by atoms with Gasteiger partial charge in [-0.3, -0.25) is 9.67 Å². The van der Waals surface area contributed by atoms with Crippen LogP contribution in [0.3, 0.4) is 0 Å². The van der Waals surface area contributed by atoms with Gasteiger partial charge < -0.3 is 9.84 Å². The minimum Gasteiger partial charge on any atom is -0.504 e. The Bertz CT molecular complexity index is 1060. The van der Waals surface area contributed by atoms with Gasteiger partial charge in [0.15, 0.2) is 11.5 Å². The van der Waals surface area contributed by atoms with Crippen LogP contribution in [0.25, 0.3) is 33.4 Å². The standard InChI is InChI=1S/C19H16N4O2/c1-23-11-12(10-21-23)16-7-13(15-5-3-4-6-20-15)14-8-18(24)19(25-2)9-17(14)22-16/h3-11,24H,1-2H3. The number of aromatic nitrogens is 4. The number of benzene rings is 1. The second-order valence-electron chi connectivity index (χ2n) is 5.71. The Morgan fingerprint density at radius 2 is 2.00 bits per heavy atom. The van der Waals surface area contributed by atoms with Gasteiger partial charge in [-0.2, -0.15) is 5.10 Å². The highest BCUT2D eigenvalue weighted by Crippen LogP contribution is 2.37. The molecule has 3 heterocycles. The van der Waals surface area contributed by atoms with Crippen LogP contribution in [0.1, 0.15) is 0 Å². The Balaban J connectivity index is 2.04. The first-order valence-corrected chi connectivity index (χ1v) is 7.78. The Labute approximate surface area is 144 Å². The Morgan fingerprint density at radius 1 is 1.12 bits per heavy atom. The molecule has 4 rings (SSSR count). The van der Waals surface area contributed by atoms with Crippen molar-refractivity contribution in [3.63, 3.8) is 0 Å². The molecule has 0 bridgehead atoms. The molecule has 6 heteroatoms. The third-order valence-corrected chi connectivity index (χ3v) is 4.05. The maximum absolute atomic E-state index is 10.2. The van der Waals surface area contributed by atoms with E-state index in [4.69, 9.17) is 9.72 Å². The molecule has 3 aromatic heterocycles. The molecule has 124 valence electrons. The third kappa shape index (κ3) is 2.67. The molecule has 0 aliphatic carbocycles. The number of hydrogen-bond donors (Lipinski definition) is 1. The van der Waals surface area contributed by atoms with Crippen molar-refractivity contribution in [2.75, 3.05) is 7.11 Å². The normalized spacial score (nSPS) is 11.0. The van der Waals surface area contributed by atoms with E-state index in [2.05, 4.69) is 10.1 Å². The molecule has 0 radical (unpaired) electrons. The van der Waals surface area contributed by atoms with E-state index in [1.54, 1.807) is 29.2 Å². The van der Waals surface area contributed by atoms with E-state index < -0.39 is 0 Å². The highest BCUT2D eigenvalue weighted by atomic mass is 16.5. The van der Waals surface area contributed by atoms with E-state index in [1.807, 2.05) is 37.5 Å². The average molecular weight is 332 g/mol. The molecule has 1 N–H and O–H groups in total. The van der Waals surface area contributed by atoms with Crippen molar-refractivity contribution in [3.8, 4) is 34.0 Å². The predicted octanol–water partition coefficient (Wildman–Crippen LogP) is 3.41. The SMILES string of the molecule is COc1cc2nc(-c3cnn(C)c3)cc(-c3ccccn3)c2cc1O. The maximum atomic E-state index is 10.2. The summed E-state index contributed by atoms with van der Waals surface area (Å²) < 4.78 is 6.96. The van der Waals surface area contributed by atoms with Crippen molar-refractivity contribution < 1.29 is 9.84 Å². The van der Waals surface area contributed by atoms with Crippen LogP contribution in [0.2, 0.25) is 0 Å². The Hall–Kier alpha value is -3.41. The molecule has 0 aliphatic rings. The maximum Gasteiger partial charge on any atom is 0.162 e. The van der Waals surface area contributed by atoms with Crippen molar-refractivity contribution in [3.05, 3.63) is 55.0 Å². The van der Waals surface area contributed by atoms with Crippen LogP contribution in [0.15, 0.2) is 55.0 Å². The number of fused-ring (bicyclic) bond motifs is 1. The predicted molar refractivity (Wildman–Crippen MR) is 95.4 cm³/mol. The number of phenolic OH excluding ortho intramolecular Hbond substituents is 1. The van der Waals surface area contributed by atoms with Gasteiger partial charge in [0.2, 0.25) is 0 Å². The smallest absolute Gasteiger partial charge is 0.162 e. The number of phenols is 1. The summed E-state index contributed by atoms with van der Waals surface area (Å²) >= 11 is 0. The number of rotatable bonds is 3. The van der Waals surface area contributed by atoms with Crippen molar-refractivity contribution in [2.45, 2.75) is 0 Å². The highest BCUT2D eigenvalue weighted by Gasteiger charge is 2.14. The summed E-state index contributed by atoms with van der Waals surface area (Å²) in [7, 11) is 3.39. The lowest BCUT2D eigenvalue weighted by molar-refractivity contribution is 0.374. The largest absolute Gasteiger partial charge is 0.504 e. The monoisotopic (exact) mass is 332 g/mol. The van der Waals surface area contributed by atoms with Gasteiger partial charge in [-0.05, 0) is 24.3 Å². The number of aryl methyl sites for hydroxylation is 1. The fourth-order valence-corrected chi connectivity index (χ4v) is 2.84. The zero-order valence-corrected chi connectivity index (χ0v) is 13.8. The van der Waals surface area contributed by atoms with Crippen LogP contribution in [-0.4, -0.2) is 32.0 Å². The zero-order chi connectivity index (χ0) is 17.4. The highest BCUT2D eigenvalue weighted by molar-refractivity contribution is 5.97. The number of methoxy groups -OCH3 is 1. The van der Waals surface area contributed by atoms with Crippen LogP contribution in [0.4, 0.5) is 0 Å². The van der Waals surface area contributed by atoms with Gasteiger partial charge in [0, 0.05) is 42.0 Å². The lowest BCUT2D eigenvalue weighted by Crippen LogP contribution is -1.92. The Morgan fingerprint density at radius 3 is 2.68 bits per heavy atom. The van der Waals surface area contributed by atoms with Crippen LogP contribution >= 0.6 is 0 Å². The number of nitrogens with zero attached hydrogens (tertiary/aromatic N) is 4. The first-order valence-electron chi connectivity index (χ1n) is 7.78. The van der Waals surface area contributed by atoms with Crippen molar-refractivity contribution in [2.24, 2.45) is 7.05 Å². The van der Waals surface area contributed by atoms with Crippen molar-refractivity contribution in [1.82, 2.24) is 19.7 Å². The van der Waals surface area contributed by atoms with Crippen LogP contribution < -0.4 is 4.74 Å². The van der Waals surface area contributed by atoms with Crippen LogP contribution in [-0.2, 0) is 7.05 Å². The molecule has 0 atom stereocenters. The van der Waals surface area contributed by atoms with Gasteiger partial charge in [-0.15, -0.1) is 0 Å². The topological polar surface area (TPSA) is 73.1 Å². The van der Waals surface area contributed by atoms with E-state index >= 15 is 0 Å². The second-order valence-corrected chi connectivity index (χ2v) is 5.71. The van der Waals surface area contributed by atoms with E-state index in [0.717, 1.165) is 33.4 Å². The Kier molecular flexibility index (Phi) is 3.57. The number of ether oxygens (including phenoxy) is 1. The third-order valence-electron chi connectivity index (χ3n) is 4.05. The fourth-order valence-electron chi connectivity index (χ4n) is 2.84. The molecule has 4 aromatic rings. The molecule has 25 heavy (non-hydrogen) atoms. The summed E-state index contributed by atoms with van der Waals surface area (Å²) in [4.78, 5) is 9.17. The lowest BCUT2D eigenvalue weighted by atomic mass is 10.0. The summed E-state index contributed by atoms with van der Waals surface area (Å²) in [5, 5.41) is 15.2. The number of hydrogen-bond acceptors (Lipinski definition) is 5. The second kappa shape index (κ2) is 5.90. The molecular weight excluding hydrogens is 316 g/mol. The molecule has 0 fully saturated rings. The molecule has 0 unspecified atom stereocenters. The first-order chi connectivity index (χ1) is 12.2. The number of pyridine rings is 2.